The summed E-state index contributed by atoms with van der Waals surface area (Å²) in [6.07, 6.45) is 2.50. The number of aromatic nitrogens is 2. The standard InChI is InChI=1S/C31H36N4O4S/c1-3-19-40(38,39)34(2)28-16-10-15-26(22-28)31(37)32-29(21-25-13-8-5-9-14-25)30(36)23-35-18-17-27(33-35)20-24-11-6-4-7-12-24/h4-18,22,29-30,36H,3,19-21,23H2,1-2H3,(H,32,37)/t29-,30+/m0/s1. The Morgan fingerprint density at radius 3 is 2.33 bits per heavy atom. The number of amides is 1. The van der Waals surface area contributed by atoms with Crippen LogP contribution in [0.3, 0.4) is 0 Å². The molecule has 4 aromatic rings. The number of benzene rings is 3. The number of hydrogen-bond acceptors (Lipinski definition) is 5. The van der Waals surface area contributed by atoms with Gasteiger partial charge in [-0.1, -0.05) is 73.7 Å². The van der Waals surface area contributed by atoms with E-state index in [0.717, 1.165) is 16.8 Å². The van der Waals surface area contributed by atoms with Crippen molar-refractivity contribution in [2.75, 3.05) is 17.1 Å². The first-order chi connectivity index (χ1) is 19.2. The molecule has 4 rings (SSSR count). The first-order valence-electron chi connectivity index (χ1n) is 13.4. The van der Waals surface area contributed by atoms with E-state index in [4.69, 9.17) is 0 Å². The molecule has 9 heteroatoms. The average molecular weight is 561 g/mol. The van der Waals surface area contributed by atoms with Crippen LogP contribution < -0.4 is 9.62 Å². The third kappa shape index (κ3) is 7.80. The van der Waals surface area contributed by atoms with E-state index < -0.39 is 28.1 Å². The molecule has 0 unspecified atom stereocenters. The van der Waals surface area contributed by atoms with E-state index in [2.05, 4.69) is 10.4 Å². The lowest BCUT2D eigenvalue weighted by molar-refractivity contribution is 0.0780. The maximum Gasteiger partial charge on any atom is 0.251 e. The fraction of sp³-hybridized carbons (Fsp3) is 0.290. The summed E-state index contributed by atoms with van der Waals surface area (Å²) < 4.78 is 28.0. The predicted molar refractivity (Wildman–Crippen MR) is 158 cm³/mol. The van der Waals surface area contributed by atoms with Gasteiger partial charge in [0, 0.05) is 25.2 Å². The molecule has 3 aromatic carbocycles. The van der Waals surface area contributed by atoms with Gasteiger partial charge in [0.25, 0.3) is 5.91 Å². The Bertz CT molecular complexity index is 1490. The molecular formula is C31H36N4O4S. The van der Waals surface area contributed by atoms with Gasteiger partial charge in [-0.2, -0.15) is 5.10 Å². The zero-order chi connectivity index (χ0) is 28.5. The SMILES string of the molecule is CCCS(=O)(=O)N(C)c1cccc(C(=O)N[C@@H](Cc2ccccc2)[C@H](O)Cn2ccc(Cc3ccccc3)n2)c1. The second-order valence-corrected chi connectivity index (χ2v) is 12.0. The van der Waals surface area contributed by atoms with Crippen LogP contribution in [0.5, 0.6) is 0 Å². The highest BCUT2D eigenvalue weighted by Gasteiger charge is 2.24. The smallest absolute Gasteiger partial charge is 0.251 e. The summed E-state index contributed by atoms with van der Waals surface area (Å²) in [6.45, 7) is 2.01. The zero-order valence-corrected chi connectivity index (χ0v) is 23.7. The molecular weight excluding hydrogens is 524 g/mol. The molecule has 1 heterocycles. The van der Waals surface area contributed by atoms with Crippen molar-refractivity contribution in [2.45, 2.75) is 44.9 Å². The number of sulfonamides is 1. The van der Waals surface area contributed by atoms with Crippen molar-refractivity contribution >= 4 is 21.6 Å². The van der Waals surface area contributed by atoms with Gasteiger partial charge in [0.15, 0.2) is 0 Å². The number of rotatable bonds is 13. The third-order valence-electron chi connectivity index (χ3n) is 6.73. The van der Waals surface area contributed by atoms with Gasteiger partial charge in [-0.3, -0.25) is 13.8 Å². The molecule has 0 saturated heterocycles. The molecule has 1 amide bonds. The second-order valence-electron chi connectivity index (χ2n) is 9.86. The van der Waals surface area contributed by atoms with Crippen molar-refractivity contribution < 1.29 is 18.3 Å². The van der Waals surface area contributed by atoms with Crippen molar-refractivity contribution in [1.82, 2.24) is 15.1 Å². The van der Waals surface area contributed by atoms with Gasteiger partial charge < -0.3 is 10.4 Å². The monoisotopic (exact) mass is 560 g/mol. The first kappa shape index (κ1) is 29.0. The Morgan fingerprint density at radius 2 is 1.65 bits per heavy atom. The molecule has 0 spiro atoms. The number of hydrogen-bond donors (Lipinski definition) is 2. The fourth-order valence-electron chi connectivity index (χ4n) is 4.53. The van der Waals surface area contributed by atoms with Gasteiger partial charge in [0.05, 0.1) is 35.8 Å². The highest BCUT2D eigenvalue weighted by molar-refractivity contribution is 7.92. The maximum atomic E-state index is 13.3. The molecule has 8 nitrogen and oxygen atoms in total. The minimum absolute atomic E-state index is 0.0196. The van der Waals surface area contributed by atoms with Crippen LogP contribution in [0.1, 0.15) is 40.5 Å². The largest absolute Gasteiger partial charge is 0.389 e. The summed E-state index contributed by atoms with van der Waals surface area (Å²) in [5, 5.41) is 18.9. The van der Waals surface area contributed by atoms with E-state index in [1.807, 2.05) is 72.9 Å². The van der Waals surface area contributed by atoms with Crippen LogP contribution in [0.15, 0.2) is 97.2 Å². The van der Waals surface area contributed by atoms with Crippen LogP contribution in [0.25, 0.3) is 0 Å². The number of anilines is 1. The van der Waals surface area contributed by atoms with Crippen LogP contribution in [-0.4, -0.2) is 54.2 Å². The quantitative estimate of drug-likeness (QED) is 0.257. The highest BCUT2D eigenvalue weighted by Crippen LogP contribution is 2.19. The predicted octanol–water partition coefficient (Wildman–Crippen LogP) is 4.05. The molecule has 210 valence electrons. The molecule has 0 radical (unpaired) electrons. The molecule has 0 aliphatic rings. The number of carbonyl (C=O) groups excluding carboxylic acids is 1. The molecule has 2 N–H and O–H groups in total. The molecule has 1 aromatic heterocycles. The topological polar surface area (TPSA) is 105 Å². The van der Waals surface area contributed by atoms with Crippen molar-refractivity contribution in [3.05, 3.63) is 120 Å². The van der Waals surface area contributed by atoms with E-state index in [0.29, 0.717) is 30.5 Å². The van der Waals surface area contributed by atoms with Crippen molar-refractivity contribution in [1.29, 1.82) is 0 Å². The minimum atomic E-state index is -3.48. The van der Waals surface area contributed by atoms with Gasteiger partial charge in [-0.15, -0.1) is 0 Å². The van der Waals surface area contributed by atoms with E-state index >= 15 is 0 Å². The van der Waals surface area contributed by atoms with E-state index in [1.54, 1.807) is 35.9 Å². The first-order valence-corrected chi connectivity index (χ1v) is 15.0. The van der Waals surface area contributed by atoms with E-state index in [1.165, 1.54) is 11.4 Å². The fourth-order valence-corrected chi connectivity index (χ4v) is 5.75. The van der Waals surface area contributed by atoms with Gasteiger partial charge in [-0.25, -0.2) is 8.42 Å². The number of aliphatic hydroxyl groups is 1. The summed E-state index contributed by atoms with van der Waals surface area (Å²) >= 11 is 0. The number of aliphatic hydroxyl groups excluding tert-OH is 1. The Morgan fingerprint density at radius 1 is 0.975 bits per heavy atom. The van der Waals surface area contributed by atoms with E-state index in [9.17, 15) is 18.3 Å². The summed E-state index contributed by atoms with van der Waals surface area (Å²) in [4.78, 5) is 13.3. The molecule has 0 bridgehead atoms. The Balaban J connectivity index is 1.50. The lowest BCUT2D eigenvalue weighted by atomic mass is 10.0. The zero-order valence-electron chi connectivity index (χ0n) is 22.8. The second kappa shape index (κ2) is 13.4. The van der Waals surface area contributed by atoms with Gasteiger partial charge in [0.1, 0.15) is 0 Å². The summed E-state index contributed by atoms with van der Waals surface area (Å²) in [7, 11) is -2.00. The van der Waals surface area contributed by atoms with Crippen LogP contribution >= 0.6 is 0 Å². The highest BCUT2D eigenvalue weighted by atomic mass is 32.2. The van der Waals surface area contributed by atoms with Gasteiger partial charge >= 0.3 is 0 Å². The lowest BCUT2D eigenvalue weighted by Crippen LogP contribution is -2.46. The molecule has 40 heavy (non-hydrogen) atoms. The summed E-state index contributed by atoms with van der Waals surface area (Å²) in [5.41, 5.74) is 3.73. The van der Waals surface area contributed by atoms with Crippen molar-refractivity contribution in [3.63, 3.8) is 0 Å². The normalized spacial score (nSPS) is 13.0. The molecule has 0 saturated carbocycles. The summed E-state index contributed by atoms with van der Waals surface area (Å²) in [6, 6.07) is 27.5. The Labute approximate surface area is 236 Å². The van der Waals surface area contributed by atoms with E-state index in [-0.39, 0.29) is 12.3 Å². The average Bonchev–Trinajstić information content (AvgIpc) is 3.39. The Kier molecular flexibility index (Phi) is 9.74. The van der Waals surface area contributed by atoms with Crippen LogP contribution in [0.2, 0.25) is 0 Å². The van der Waals surface area contributed by atoms with Crippen LogP contribution in [0.4, 0.5) is 5.69 Å². The summed E-state index contributed by atoms with van der Waals surface area (Å²) in [5.74, 6) is -0.375. The molecule has 0 aliphatic carbocycles. The molecule has 0 aliphatic heterocycles. The number of carbonyl (C=O) groups is 1. The van der Waals surface area contributed by atoms with Crippen molar-refractivity contribution in [2.24, 2.45) is 0 Å². The lowest BCUT2D eigenvalue weighted by Gasteiger charge is -2.25. The van der Waals surface area contributed by atoms with Gasteiger partial charge in [0.2, 0.25) is 10.0 Å². The minimum Gasteiger partial charge on any atom is -0.389 e. The molecule has 2 atom stereocenters. The number of nitrogens with one attached hydrogen (secondary N) is 1. The number of nitrogens with zero attached hydrogens (tertiary/aromatic N) is 3. The molecule has 0 fully saturated rings. The third-order valence-corrected chi connectivity index (χ3v) is 8.70. The van der Waals surface area contributed by atoms with Crippen LogP contribution in [-0.2, 0) is 29.4 Å². The van der Waals surface area contributed by atoms with Crippen molar-refractivity contribution in [3.8, 4) is 0 Å². The van der Waals surface area contributed by atoms with Crippen LogP contribution in [0, 0.1) is 0 Å². The van der Waals surface area contributed by atoms with Gasteiger partial charge in [-0.05, 0) is 48.2 Å². The maximum absolute atomic E-state index is 13.3. The Hall–Kier alpha value is -3.95.